The number of hydrogen-bond donors (Lipinski definition) is 9. The molecule has 0 aromatic heterocycles. The number of carbonyl (C=O) groups is 7. The summed E-state index contributed by atoms with van der Waals surface area (Å²) in [7, 11) is 0. The Bertz CT molecular complexity index is 945. The number of nitrogens with zero attached hydrogens (tertiary/aromatic N) is 1. The van der Waals surface area contributed by atoms with Crippen LogP contribution in [0.2, 0.25) is 0 Å². The normalized spacial score (nSPS) is 17.6. The van der Waals surface area contributed by atoms with Gasteiger partial charge in [0.1, 0.15) is 24.7 Å². The average Bonchev–Trinajstić information content (AvgIpc) is 3.37. The first-order chi connectivity index (χ1) is 18.8. The third-order valence-corrected chi connectivity index (χ3v) is 6.06. The Morgan fingerprint density at radius 3 is 2.20 bits per heavy atom. The molecule has 0 spiro atoms. The molecule has 1 fully saturated rings. The summed E-state index contributed by atoms with van der Waals surface area (Å²) in [5.41, 5.74) is 11.4. The second-order valence-corrected chi connectivity index (χ2v) is 9.35. The maximum absolute atomic E-state index is 12.7. The number of aliphatic hydroxyl groups is 1. The van der Waals surface area contributed by atoms with E-state index in [0.717, 1.165) is 6.92 Å². The van der Waals surface area contributed by atoms with Crippen molar-refractivity contribution in [3.63, 3.8) is 0 Å². The fraction of sp³-hybridized carbons (Fsp3) is 0.696. The van der Waals surface area contributed by atoms with Gasteiger partial charge in [0.25, 0.3) is 0 Å². The van der Waals surface area contributed by atoms with Crippen molar-refractivity contribution in [1.29, 1.82) is 0 Å². The molecule has 226 valence electrons. The molecular weight excluding hydrogens is 534 g/mol. The van der Waals surface area contributed by atoms with Crippen LogP contribution < -0.4 is 32.7 Å². The smallest absolute Gasteiger partial charge is 0.322 e. The van der Waals surface area contributed by atoms with Gasteiger partial charge in [0.15, 0.2) is 0 Å². The number of rotatable bonds is 17. The predicted octanol–water partition coefficient (Wildman–Crippen LogP) is -4.42. The molecule has 1 aliphatic heterocycles. The van der Waals surface area contributed by atoms with Crippen molar-refractivity contribution in [2.45, 2.75) is 75.7 Å². The molecule has 5 amide bonds. The second-order valence-electron chi connectivity index (χ2n) is 9.35. The molecule has 0 saturated carbocycles. The van der Waals surface area contributed by atoms with E-state index in [1.165, 1.54) is 4.90 Å². The van der Waals surface area contributed by atoms with Gasteiger partial charge in [-0.05, 0) is 39.2 Å². The highest BCUT2D eigenvalue weighted by molar-refractivity contribution is 5.96. The lowest BCUT2D eigenvalue weighted by Gasteiger charge is -2.27. The Kier molecular flexibility index (Phi) is 14.5. The van der Waals surface area contributed by atoms with E-state index < -0.39 is 91.3 Å². The molecule has 40 heavy (non-hydrogen) atoms. The Hall–Kier alpha value is -3.83. The zero-order valence-corrected chi connectivity index (χ0v) is 22.3. The molecule has 0 bridgehead atoms. The fourth-order valence-corrected chi connectivity index (χ4v) is 3.99. The third-order valence-electron chi connectivity index (χ3n) is 6.06. The summed E-state index contributed by atoms with van der Waals surface area (Å²) in [5, 5.41) is 36.2. The molecule has 1 aliphatic rings. The summed E-state index contributed by atoms with van der Waals surface area (Å²) in [6.07, 6.45) is 0.280. The van der Waals surface area contributed by atoms with Gasteiger partial charge >= 0.3 is 11.9 Å². The topological polar surface area (TPSA) is 284 Å². The lowest BCUT2D eigenvalue weighted by Crippen LogP contribution is -2.58. The van der Waals surface area contributed by atoms with Gasteiger partial charge in [0.05, 0.1) is 25.1 Å². The lowest BCUT2D eigenvalue weighted by atomic mass is 10.1. The fourth-order valence-electron chi connectivity index (χ4n) is 3.99. The van der Waals surface area contributed by atoms with E-state index >= 15 is 0 Å². The summed E-state index contributed by atoms with van der Waals surface area (Å²) in [4.78, 5) is 85.9. The Morgan fingerprint density at radius 1 is 0.950 bits per heavy atom. The van der Waals surface area contributed by atoms with Gasteiger partial charge in [-0.15, -0.1) is 0 Å². The Morgan fingerprint density at radius 2 is 1.62 bits per heavy atom. The maximum Gasteiger partial charge on any atom is 0.322 e. The van der Waals surface area contributed by atoms with E-state index in [4.69, 9.17) is 21.7 Å². The van der Waals surface area contributed by atoms with E-state index in [9.17, 15) is 38.7 Å². The van der Waals surface area contributed by atoms with Crippen molar-refractivity contribution in [3.8, 4) is 0 Å². The van der Waals surface area contributed by atoms with Crippen LogP contribution in [0.25, 0.3) is 0 Å². The van der Waals surface area contributed by atoms with Gasteiger partial charge in [-0.2, -0.15) is 0 Å². The monoisotopic (exact) mass is 573 g/mol. The Labute approximate surface area is 230 Å². The quantitative estimate of drug-likeness (QED) is 0.0745. The van der Waals surface area contributed by atoms with Crippen LogP contribution in [0.1, 0.15) is 45.4 Å². The molecule has 0 aromatic carbocycles. The summed E-state index contributed by atoms with van der Waals surface area (Å²) >= 11 is 0. The predicted molar refractivity (Wildman–Crippen MR) is 137 cm³/mol. The van der Waals surface area contributed by atoms with Crippen LogP contribution in [0.5, 0.6) is 0 Å². The minimum atomic E-state index is -1.70. The first-order valence-corrected chi connectivity index (χ1v) is 12.8. The molecule has 1 rings (SSSR count). The zero-order valence-electron chi connectivity index (χ0n) is 22.3. The molecule has 0 aromatic rings. The average molecular weight is 574 g/mol. The van der Waals surface area contributed by atoms with Gasteiger partial charge in [-0.3, -0.25) is 33.6 Å². The first-order valence-electron chi connectivity index (χ1n) is 12.8. The number of carbonyl (C=O) groups excluding carboxylic acids is 5. The number of carboxylic acids is 2. The summed E-state index contributed by atoms with van der Waals surface area (Å²) in [5.74, 6) is -7.00. The first kappa shape index (κ1) is 34.2. The number of nitrogens with two attached hydrogens (primary N) is 2. The number of aliphatic hydroxyl groups excluding tert-OH is 1. The second kappa shape index (κ2) is 17.0. The van der Waals surface area contributed by atoms with E-state index in [1.54, 1.807) is 0 Å². The molecule has 0 radical (unpaired) electrons. The van der Waals surface area contributed by atoms with Crippen molar-refractivity contribution in [3.05, 3.63) is 0 Å². The number of likely N-dealkylation sites (tertiary alicyclic amines) is 1. The summed E-state index contributed by atoms with van der Waals surface area (Å²) in [6, 6.07) is -5.00. The number of hydrogen-bond acceptors (Lipinski definition) is 10. The SMILES string of the molecule is C[C@@H](O)[C@H](NC(=O)[C@H](CC(=O)O)NC(=O)CNC(=O)[C@@H]1CCCN1C(=O)[C@@H](N)CCCCN)C(=O)NCC(=O)O. The molecule has 1 saturated heterocycles. The zero-order chi connectivity index (χ0) is 30.4. The molecule has 1 heterocycles. The molecular formula is C23H39N7O10. The molecule has 5 atom stereocenters. The number of aliphatic carboxylic acids is 2. The van der Waals surface area contributed by atoms with E-state index in [2.05, 4.69) is 16.0 Å². The number of amides is 5. The minimum absolute atomic E-state index is 0.319. The lowest BCUT2D eigenvalue weighted by molar-refractivity contribution is -0.142. The molecule has 17 heteroatoms. The van der Waals surface area contributed by atoms with Crippen LogP contribution in [-0.2, 0) is 33.6 Å². The number of nitrogens with one attached hydrogen (secondary N) is 4. The van der Waals surface area contributed by atoms with Crippen molar-refractivity contribution in [2.75, 3.05) is 26.2 Å². The van der Waals surface area contributed by atoms with Crippen LogP contribution in [0.15, 0.2) is 0 Å². The summed E-state index contributed by atoms with van der Waals surface area (Å²) < 4.78 is 0. The number of carboxylic acid groups (broad SMARTS) is 2. The van der Waals surface area contributed by atoms with Crippen molar-refractivity contribution in [1.82, 2.24) is 26.2 Å². The molecule has 11 N–H and O–H groups in total. The van der Waals surface area contributed by atoms with E-state index in [-0.39, 0.29) is 0 Å². The van der Waals surface area contributed by atoms with Crippen LogP contribution in [0.3, 0.4) is 0 Å². The van der Waals surface area contributed by atoms with Crippen molar-refractivity contribution in [2.24, 2.45) is 11.5 Å². The van der Waals surface area contributed by atoms with Crippen LogP contribution in [-0.4, -0.2) is 118 Å². The summed E-state index contributed by atoms with van der Waals surface area (Å²) in [6.45, 7) is 0.476. The van der Waals surface area contributed by atoms with Crippen molar-refractivity contribution >= 4 is 41.5 Å². The van der Waals surface area contributed by atoms with Gasteiger partial charge in [0.2, 0.25) is 29.5 Å². The molecule has 0 aliphatic carbocycles. The highest BCUT2D eigenvalue weighted by atomic mass is 16.4. The highest BCUT2D eigenvalue weighted by Crippen LogP contribution is 2.19. The number of unbranched alkanes of at least 4 members (excludes halogenated alkanes) is 1. The van der Waals surface area contributed by atoms with E-state index in [1.807, 2.05) is 5.32 Å². The van der Waals surface area contributed by atoms with E-state index in [0.29, 0.717) is 45.2 Å². The van der Waals surface area contributed by atoms with Gasteiger partial charge in [0, 0.05) is 6.54 Å². The van der Waals surface area contributed by atoms with Crippen LogP contribution in [0.4, 0.5) is 0 Å². The Balaban J connectivity index is 2.76. The maximum atomic E-state index is 12.7. The molecule has 17 nitrogen and oxygen atoms in total. The minimum Gasteiger partial charge on any atom is -0.481 e. The standard InChI is InChI=1S/C23H39N7O10/c1-12(31)19(22(39)27-11-18(35)36)29-20(37)14(9-17(33)34)28-16(32)10-26-21(38)15-6-4-8-30(15)23(40)13(25)5-2-3-7-24/h12-15,19,31H,2-11,24-25H2,1H3,(H,26,38)(H,27,39)(H,28,32)(H,29,37)(H,33,34)(H,35,36)/t12-,13+,14+,15+,19+/m1/s1. The van der Waals surface area contributed by atoms with Crippen LogP contribution in [0, 0.1) is 0 Å². The largest absolute Gasteiger partial charge is 0.481 e. The third kappa shape index (κ3) is 11.5. The highest BCUT2D eigenvalue weighted by Gasteiger charge is 2.36. The van der Waals surface area contributed by atoms with Gasteiger partial charge in [-0.25, -0.2) is 0 Å². The van der Waals surface area contributed by atoms with Gasteiger partial charge in [-0.1, -0.05) is 6.42 Å². The van der Waals surface area contributed by atoms with Crippen LogP contribution >= 0.6 is 0 Å². The molecule has 0 unspecified atom stereocenters. The van der Waals surface area contributed by atoms with Crippen molar-refractivity contribution < 1.29 is 48.9 Å². The van der Waals surface area contributed by atoms with Gasteiger partial charge < -0.3 is 53.0 Å².